The van der Waals surface area contributed by atoms with Crippen LogP contribution in [0.4, 0.5) is 0 Å². The predicted octanol–water partition coefficient (Wildman–Crippen LogP) is 0.244. The van der Waals surface area contributed by atoms with E-state index in [0.29, 0.717) is 0 Å². The lowest BCUT2D eigenvalue weighted by molar-refractivity contribution is 0.802. The summed E-state index contributed by atoms with van der Waals surface area (Å²) in [6.45, 7) is 0.802. The van der Waals surface area contributed by atoms with Gasteiger partial charge in [0, 0.05) is 20.0 Å². The van der Waals surface area contributed by atoms with Gasteiger partial charge in [-0.05, 0) is 0 Å². The zero-order valence-corrected chi connectivity index (χ0v) is 3.94. The van der Waals surface area contributed by atoms with Crippen molar-refractivity contribution in [3.05, 3.63) is 0 Å². The summed E-state index contributed by atoms with van der Waals surface area (Å²) in [6, 6.07) is 0. The first kappa shape index (κ1) is 5.52. The number of nitrogens with zero attached hydrogens (tertiary/aromatic N) is 1. The van der Waals surface area contributed by atoms with E-state index >= 15 is 0 Å². The predicted molar refractivity (Wildman–Crippen MR) is 26.4 cm³/mol. The average molecular weight is 82.1 g/mol. The second-order valence-electron chi connectivity index (χ2n) is 0.994. The minimum atomic E-state index is 0.774. The maximum Gasteiger partial charge on any atom is 0.0239 e. The van der Waals surface area contributed by atoms with Crippen molar-refractivity contribution in [3.63, 3.8) is 0 Å². The molecule has 0 atom stereocenters. The minimum absolute atomic E-state index is 0.774. The Morgan fingerprint density at radius 3 is 2.67 bits per heavy atom. The fraction of sp³-hybridized carbons (Fsp3) is 0.600. The first-order valence-corrected chi connectivity index (χ1v) is 1.91. The molecule has 0 saturated heterocycles. The molecule has 0 aliphatic carbocycles. The lowest BCUT2D eigenvalue weighted by Gasteiger charge is -1.81. The Morgan fingerprint density at radius 1 is 1.83 bits per heavy atom. The van der Waals surface area contributed by atoms with Gasteiger partial charge in [0.2, 0.25) is 0 Å². The first-order chi connectivity index (χ1) is 2.91. The number of rotatable bonds is 2. The first-order valence-electron chi connectivity index (χ1n) is 1.91. The van der Waals surface area contributed by atoms with Crippen molar-refractivity contribution in [2.75, 3.05) is 13.6 Å². The largest absolute Gasteiger partial charge is 0.244 e. The van der Waals surface area contributed by atoms with Gasteiger partial charge in [0.1, 0.15) is 0 Å². The quantitative estimate of drug-likeness (QED) is 0.335. The van der Waals surface area contributed by atoms with Crippen molar-refractivity contribution >= 4 is 0 Å². The lowest BCUT2D eigenvalue weighted by Crippen LogP contribution is -1.96. The van der Waals surface area contributed by atoms with E-state index in [4.69, 9.17) is 6.42 Å². The molecule has 1 nitrogen and oxygen atoms in total. The Morgan fingerprint density at radius 2 is 2.50 bits per heavy atom. The second-order valence-corrected chi connectivity index (χ2v) is 0.994. The van der Waals surface area contributed by atoms with E-state index in [0.717, 1.165) is 13.0 Å². The van der Waals surface area contributed by atoms with E-state index in [1.807, 2.05) is 0 Å². The number of hydrogen-bond donors (Lipinski definition) is 0. The molecule has 33 valence electrons. The fourth-order valence-electron chi connectivity index (χ4n) is 0.176. The van der Waals surface area contributed by atoms with Crippen LogP contribution in [0.2, 0.25) is 0 Å². The molecule has 0 heterocycles. The smallest absolute Gasteiger partial charge is 0.0239 e. The molecule has 0 bridgehead atoms. The van der Waals surface area contributed by atoms with E-state index < -0.39 is 0 Å². The van der Waals surface area contributed by atoms with E-state index in [1.165, 1.54) is 0 Å². The van der Waals surface area contributed by atoms with Crippen molar-refractivity contribution in [2.24, 2.45) is 0 Å². The molecule has 0 aromatic heterocycles. The zero-order chi connectivity index (χ0) is 4.83. The molecule has 0 fully saturated rings. The van der Waals surface area contributed by atoms with Gasteiger partial charge in [0.05, 0.1) is 0 Å². The van der Waals surface area contributed by atoms with Gasteiger partial charge in [-0.3, -0.25) is 0 Å². The molecule has 0 aliphatic rings. The van der Waals surface area contributed by atoms with Crippen molar-refractivity contribution in [3.8, 4) is 12.3 Å². The van der Waals surface area contributed by atoms with Gasteiger partial charge < -0.3 is 0 Å². The zero-order valence-electron chi connectivity index (χ0n) is 3.94. The van der Waals surface area contributed by atoms with Crippen molar-refractivity contribution in [1.29, 1.82) is 0 Å². The normalized spacial score (nSPS) is 7.33. The van der Waals surface area contributed by atoms with Gasteiger partial charge in [0.25, 0.3) is 0 Å². The van der Waals surface area contributed by atoms with Crippen LogP contribution >= 0.6 is 0 Å². The summed E-state index contributed by atoms with van der Waals surface area (Å²) < 4.78 is 0. The lowest BCUT2D eigenvalue weighted by atomic mass is 10.4. The third-order valence-corrected chi connectivity index (χ3v) is 0.480. The van der Waals surface area contributed by atoms with Crippen LogP contribution < -0.4 is 5.32 Å². The van der Waals surface area contributed by atoms with Crippen LogP contribution in [-0.4, -0.2) is 13.6 Å². The molecule has 0 saturated carbocycles. The highest BCUT2D eigenvalue weighted by atomic mass is 14.8. The van der Waals surface area contributed by atoms with Crippen molar-refractivity contribution < 1.29 is 0 Å². The molecular weight excluding hydrogens is 74.1 g/mol. The van der Waals surface area contributed by atoms with Gasteiger partial charge in [-0.15, -0.1) is 12.3 Å². The molecular formula is C5H8N. The molecule has 0 amide bonds. The Bertz CT molecular complexity index is 51.4. The van der Waals surface area contributed by atoms with Crippen LogP contribution in [0.5, 0.6) is 0 Å². The molecule has 0 aliphatic heterocycles. The highest BCUT2D eigenvalue weighted by Gasteiger charge is 1.70. The molecule has 1 heteroatoms. The van der Waals surface area contributed by atoms with Gasteiger partial charge in [-0.25, -0.2) is 5.32 Å². The van der Waals surface area contributed by atoms with Crippen LogP contribution in [0.25, 0.3) is 0 Å². The SMILES string of the molecule is C#CCC[N]C. The fourth-order valence-corrected chi connectivity index (χ4v) is 0.176. The summed E-state index contributed by atoms with van der Waals surface area (Å²) in [7, 11) is 1.76. The number of terminal acetylenes is 1. The van der Waals surface area contributed by atoms with Crippen LogP contribution in [0.15, 0.2) is 0 Å². The summed E-state index contributed by atoms with van der Waals surface area (Å²) >= 11 is 0. The molecule has 6 heavy (non-hydrogen) atoms. The second kappa shape index (κ2) is 4.52. The van der Waals surface area contributed by atoms with E-state index in [2.05, 4.69) is 11.2 Å². The summed E-state index contributed by atoms with van der Waals surface area (Å²) in [5, 5.41) is 3.78. The minimum Gasteiger partial charge on any atom is -0.244 e. The summed E-state index contributed by atoms with van der Waals surface area (Å²) in [6.07, 6.45) is 5.68. The summed E-state index contributed by atoms with van der Waals surface area (Å²) in [5.74, 6) is 2.47. The molecule has 1 radical (unpaired) electrons. The van der Waals surface area contributed by atoms with Crippen LogP contribution in [0.1, 0.15) is 6.42 Å². The van der Waals surface area contributed by atoms with Crippen molar-refractivity contribution in [1.82, 2.24) is 5.32 Å². The maximum absolute atomic E-state index is 4.90. The van der Waals surface area contributed by atoms with Crippen LogP contribution in [0, 0.1) is 12.3 Å². The number of hydrogen-bond acceptors (Lipinski definition) is 0. The standard InChI is InChI=1S/C5H8N/c1-3-4-5-6-2/h1H,4-5H2,2H3. The van der Waals surface area contributed by atoms with Gasteiger partial charge in [-0.2, -0.15) is 0 Å². The Labute approximate surface area is 38.7 Å². The molecule has 0 rings (SSSR count). The Balaban J connectivity index is 2.54. The van der Waals surface area contributed by atoms with Crippen molar-refractivity contribution in [2.45, 2.75) is 6.42 Å². The highest BCUT2D eigenvalue weighted by Crippen LogP contribution is 1.65. The maximum atomic E-state index is 4.90. The van der Waals surface area contributed by atoms with E-state index in [9.17, 15) is 0 Å². The molecule has 0 aromatic carbocycles. The van der Waals surface area contributed by atoms with Gasteiger partial charge >= 0.3 is 0 Å². The van der Waals surface area contributed by atoms with Crippen LogP contribution in [0.3, 0.4) is 0 Å². The van der Waals surface area contributed by atoms with Crippen LogP contribution in [-0.2, 0) is 0 Å². The Kier molecular flexibility index (Phi) is 4.16. The molecule has 0 unspecified atom stereocenters. The van der Waals surface area contributed by atoms with Gasteiger partial charge in [0.15, 0.2) is 0 Å². The summed E-state index contributed by atoms with van der Waals surface area (Å²) in [4.78, 5) is 0. The molecule has 0 spiro atoms. The van der Waals surface area contributed by atoms with E-state index in [-0.39, 0.29) is 0 Å². The monoisotopic (exact) mass is 82.1 g/mol. The highest BCUT2D eigenvalue weighted by molar-refractivity contribution is 4.83. The Hall–Kier alpha value is -0.480. The average Bonchev–Trinajstić information content (AvgIpc) is 1.61. The van der Waals surface area contributed by atoms with Gasteiger partial charge in [-0.1, -0.05) is 0 Å². The van der Waals surface area contributed by atoms with E-state index in [1.54, 1.807) is 7.05 Å². The topological polar surface area (TPSA) is 14.1 Å². The molecule has 0 aromatic rings. The third-order valence-electron chi connectivity index (χ3n) is 0.480. The molecule has 0 N–H and O–H groups in total. The third kappa shape index (κ3) is 3.52. The summed E-state index contributed by atoms with van der Waals surface area (Å²) in [5.41, 5.74) is 0.